The monoisotopic (exact) mass is 722 g/mol. The Morgan fingerprint density at radius 3 is 2.20 bits per heavy atom. The van der Waals surface area contributed by atoms with Gasteiger partial charge in [-0.2, -0.15) is 13.2 Å². The van der Waals surface area contributed by atoms with Crippen molar-refractivity contribution >= 4 is 29.6 Å². The normalized spacial score (nSPS) is 19.7. The lowest BCUT2D eigenvalue weighted by Crippen LogP contribution is -2.58. The van der Waals surface area contributed by atoms with Crippen molar-refractivity contribution in [2.45, 2.75) is 109 Å². The molecule has 14 nitrogen and oxygen atoms in total. The Kier molecular flexibility index (Phi) is 14.9. The van der Waals surface area contributed by atoms with E-state index in [-0.39, 0.29) is 43.2 Å². The van der Waals surface area contributed by atoms with Crippen LogP contribution in [0, 0.1) is 11.8 Å². The molecule has 4 amide bonds. The number of carboxylic acids is 1. The van der Waals surface area contributed by atoms with Gasteiger partial charge in [-0.15, -0.1) is 5.10 Å². The van der Waals surface area contributed by atoms with Gasteiger partial charge in [0.25, 0.3) is 0 Å². The quantitative estimate of drug-likeness (QED) is 0.205. The van der Waals surface area contributed by atoms with E-state index < -0.39 is 48.1 Å². The first-order chi connectivity index (χ1) is 24.0. The number of likely N-dealkylation sites (N-methyl/N-ethyl adjacent to an activating group) is 1. The summed E-state index contributed by atoms with van der Waals surface area (Å²) in [5.74, 6) is -4.19. The number of likely N-dealkylation sites (tertiary alicyclic amines) is 1. The molecule has 1 aliphatic carbocycles. The van der Waals surface area contributed by atoms with Gasteiger partial charge in [-0.25, -0.2) is 9.48 Å². The van der Waals surface area contributed by atoms with Gasteiger partial charge in [0.05, 0.1) is 17.8 Å². The topological polar surface area (TPSA) is 202 Å². The lowest BCUT2D eigenvalue weighted by Gasteiger charge is -2.31. The van der Waals surface area contributed by atoms with Gasteiger partial charge >= 0.3 is 12.1 Å². The Bertz CT molecular complexity index is 1480. The van der Waals surface area contributed by atoms with Crippen molar-refractivity contribution in [3.8, 4) is 0 Å². The fourth-order valence-corrected chi connectivity index (χ4v) is 6.21. The standard InChI is InChI=1S/C32H48N8O4.C2HF3O2/c1-20(2)28(36-30(42)21(3)34-4)32(44)39-19-25(40-18-24(37-38-40)15-22-11-7-5-8-12-22)17-27(39)31(43)35-26(29(33)41)16-23-13-9-6-10-14-23;3-2(4,5)1(6)7/h6,9-10,13-14,18,20-22,25-28,34H,5,7-8,11-12,15-17,19H2,1-4H3,(H2,33,41)(H,35,43)(H,36,42);(H,6,7)/t21-,25-,26-,27-,28-;/m0./s1. The highest BCUT2D eigenvalue weighted by molar-refractivity contribution is 5.95. The fraction of sp³-hybridized carbons (Fsp3) is 0.618. The number of carboxylic acid groups (broad SMARTS) is 1. The third-order valence-corrected chi connectivity index (χ3v) is 9.26. The molecule has 2 fully saturated rings. The van der Waals surface area contributed by atoms with E-state index in [9.17, 15) is 32.3 Å². The van der Waals surface area contributed by atoms with Gasteiger partial charge in [0.2, 0.25) is 23.6 Å². The van der Waals surface area contributed by atoms with Crippen LogP contribution in [0.2, 0.25) is 0 Å². The highest BCUT2D eigenvalue weighted by Crippen LogP contribution is 2.30. The number of hydrogen-bond donors (Lipinski definition) is 5. The average Bonchev–Trinajstić information content (AvgIpc) is 3.74. The Labute approximate surface area is 295 Å². The lowest BCUT2D eigenvalue weighted by molar-refractivity contribution is -0.192. The maximum atomic E-state index is 14.1. The number of benzene rings is 1. The molecule has 2 aliphatic rings. The SMILES string of the molecule is CN[C@@H](C)C(=O)N[C@H](C(=O)N1C[C@@H](n2cc(CC3CCCCC3)nn2)C[C@H]1C(=O)N[C@@H](Cc1ccccc1)C(N)=O)C(C)C.O=C(O)C(F)(F)F. The number of amides is 4. The smallest absolute Gasteiger partial charge is 0.475 e. The van der Waals surface area contributed by atoms with Gasteiger partial charge in [0, 0.05) is 25.6 Å². The minimum atomic E-state index is -5.08. The van der Waals surface area contributed by atoms with E-state index in [0.717, 1.165) is 17.7 Å². The van der Waals surface area contributed by atoms with E-state index in [1.807, 2.05) is 50.4 Å². The Balaban J connectivity index is 0.000000908. The van der Waals surface area contributed by atoms with Crippen LogP contribution in [-0.4, -0.2) is 98.5 Å². The lowest BCUT2D eigenvalue weighted by atomic mass is 9.86. The summed E-state index contributed by atoms with van der Waals surface area (Å²) in [5, 5.41) is 24.5. The minimum absolute atomic E-state index is 0.212. The molecule has 1 saturated carbocycles. The van der Waals surface area contributed by atoms with Gasteiger partial charge in [-0.05, 0) is 37.8 Å². The number of nitrogens with two attached hydrogens (primary N) is 1. The van der Waals surface area contributed by atoms with Crippen LogP contribution in [0.1, 0.15) is 76.6 Å². The summed E-state index contributed by atoms with van der Waals surface area (Å²) in [4.78, 5) is 63.5. The second kappa shape index (κ2) is 18.6. The number of carbonyl (C=O) groups is 5. The van der Waals surface area contributed by atoms with E-state index in [0.29, 0.717) is 5.92 Å². The summed E-state index contributed by atoms with van der Waals surface area (Å²) in [6.07, 6.45) is 4.38. The molecule has 5 atom stereocenters. The molecule has 282 valence electrons. The van der Waals surface area contributed by atoms with Crippen LogP contribution in [-0.2, 0) is 36.8 Å². The molecule has 17 heteroatoms. The summed E-state index contributed by atoms with van der Waals surface area (Å²) in [7, 11) is 1.67. The van der Waals surface area contributed by atoms with Gasteiger partial charge in [0.1, 0.15) is 18.1 Å². The number of nitrogens with zero attached hydrogens (tertiary/aromatic N) is 4. The average molecular weight is 723 g/mol. The Morgan fingerprint density at radius 1 is 1.02 bits per heavy atom. The van der Waals surface area contributed by atoms with Gasteiger partial charge in [0.15, 0.2) is 0 Å². The van der Waals surface area contributed by atoms with Gasteiger partial charge < -0.3 is 31.7 Å². The highest BCUT2D eigenvalue weighted by Gasteiger charge is 2.44. The molecule has 0 bridgehead atoms. The number of rotatable bonds is 13. The summed E-state index contributed by atoms with van der Waals surface area (Å²) < 4.78 is 33.5. The van der Waals surface area contributed by atoms with Crippen LogP contribution in [0.5, 0.6) is 0 Å². The highest BCUT2D eigenvalue weighted by atomic mass is 19.4. The molecule has 51 heavy (non-hydrogen) atoms. The first kappa shape index (κ1) is 40.9. The number of primary amides is 1. The summed E-state index contributed by atoms with van der Waals surface area (Å²) in [6, 6.07) is 5.81. The minimum Gasteiger partial charge on any atom is -0.475 e. The van der Waals surface area contributed by atoms with Gasteiger partial charge in [-0.1, -0.05) is 81.5 Å². The summed E-state index contributed by atoms with van der Waals surface area (Å²) in [5.41, 5.74) is 7.46. The molecule has 4 rings (SSSR count). The van der Waals surface area contributed by atoms with Crippen LogP contribution in [0.3, 0.4) is 0 Å². The first-order valence-corrected chi connectivity index (χ1v) is 17.1. The van der Waals surface area contributed by atoms with Crippen LogP contribution < -0.4 is 21.7 Å². The van der Waals surface area contributed by atoms with Crippen molar-refractivity contribution in [2.24, 2.45) is 17.6 Å². The number of halogens is 3. The first-order valence-electron chi connectivity index (χ1n) is 17.1. The van der Waals surface area contributed by atoms with E-state index in [1.165, 1.54) is 37.0 Å². The van der Waals surface area contributed by atoms with Crippen molar-refractivity contribution < 1.29 is 42.3 Å². The zero-order valence-electron chi connectivity index (χ0n) is 29.4. The van der Waals surface area contributed by atoms with Gasteiger partial charge in [-0.3, -0.25) is 19.2 Å². The molecule has 2 aromatic rings. The Morgan fingerprint density at radius 2 is 1.65 bits per heavy atom. The predicted molar refractivity (Wildman–Crippen MR) is 180 cm³/mol. The second-order valence-corrected chi connectivity index (χ2v) is 13.5. The maximum Gasteiger partial charge on any atom is 0.490 e. The molecule has 0 unspecified atom stereocenters. The van der Waals surface area contributed by atoms with Crippen molar-refractivity contribution in [3.05, 3.63) is 47.8 Å². The van der Waals surface area contributed by atoms with Crippen molar-refractivity contribution in [3.63, 3.8) is 0 Å². The molecule has 1 aliphatic heterocycles. The van der Waals surface area contributed by atoms with E-state index >= 15 is 0 Å². The third-order valence-electron chi connectivity index (χ3n) is 9.26. The molecular formula is C34H49F3N8O6. The van der Waals surface area contributed by atoms with Crippen molar-refractivity contribution in [1.82, 2.24) is 35.8 Å². The van der Waals surface area contributed by atoms with Crippen LogP contribution >= 0.6 is 0 Å². The number of aliphatic carboxylic acids is 1. The molecule has 1 aromatic carbocycles. The molecule has 6 N–H and O–H groups in total. The summed E-state index contributed by atoms with van der Waals surface area (Å²) >= 11 is 0. The predicted octanol–water partition coefficient (Wildman–Crippen LogP) is 2.14. The zero-order valence-corrected chi connectivity index (χ0v) is 29.4. The molecule has 1 saturated heterocycles. The second-order valence-electron chi connectivity index (χ2n) is 13.5. The van der Waals surface area contributed by atoms with E-state index in [4.69, 9.17) is 15.6 Å². The largest absolute Gasteiger partial charge is 0.490 e. The number of hydrogen-bond acceptors (Lipinski definition) is 8. The van der Waals surface area contributed by atoms with E-state index in [1.54, 1.807) is 18.7 Å². The fourth-order valence-electron chi connectivity index (χ4n) is 6.21. The Hall–Kier alpha value is -4.54. The zero-order chi connectivity index (χ0) is 37.9. The van der Waals surface area contributed by atoms with Crippen LogP contribution in [0.4, 0.5) is 13.2 Å². The third kappa shape index (κ3) is 12.0. The molecule has 1 aromatic heterocycles. The number of carbonyl (C=O) groups excluding carboxylic acids is 4. The van der Waals surface area contributed by atoms with Crippen molar-refractivity contribution in [1.29, 1.82) is 0 Å². The van der Waals surface area contributed by atoms with E-state index in [2.05, 4.69) is 26.3 Å². The summed E-state index contributed by atoms with van der Waals surface area (Å²) in [6.45, 7) is 5.64. The number of nitrogens with one attached hydrogen (secondary N) is 3. The van der Waals surface area contributed by atoms with Crippen LogP contribution in [0.25, 0.3) is 0 Å². The maximum absolute atomic E-state index is 14.1. The number of aromatic nitrogens is 3. The molecule has 2 heterocycles. The van der Waals surface area contributed by atoms with Crippen molar-refractivity contribution in [2.75, 3.05) is 13.6 Å². The molecule has 0 radical (unpaired) electrons. The molecule has 0 spiro atoms. The number of alkyl halides is 3. The molecular weight excluding hydrogens is 673 g/mol. The van der Waals surface area contributed by atoms with Crippen LogP contribution in [0.15, 0.2) is 36.5 Å².